The van der Waals surface area contributed by atoms with Crippen molar-refractivity contribution in [3.63, 3.8) is 0 Å². The Labute approximate surface area is 114 Å². The van der Waals surface area contributed by atoms with Crippen LogP contribution in [0.15, 0.2) is 24.3 Å². The highest BCUT2D eigenvalue weighted by Gasteiger charge is 2.22. The van der Waals surface area contributed by atoms with Gasteiger partial charge < -0.3 is 15.4 Å². The van der Waals surface area contributed by atoms with Crippen LogP contribution in [0.3, 0.4) is 0 Å². The van der Waals surface area contributed by atoms with Gasteiger partial charge in [-0.05, 0) is 38.8 Å². The van der Waals surface area contributed by atoms with Crippen LogP contribution in [0.1, 0.15) is 33.1 Å². The van der Waals surface area contributed by atoms with E-state index < -0.39 is 0 Å². The molecular weight excluding hydrogens is 240 g/mol. The summed E-state index contributed by atoms with van der Waals surface area (Å²) in [5.74, 6) is 0.956. The third-order valence-electron chi connectivity index (χ3n) is 2.86. The predicted molar refractivity (Wildman–Crippen MR) is 76.5 cm³/mol. The minimum absolute atomic E-state index is 0.122. The van der Waals surface area contributed by atoms with Crippen molar-refractivity contribution in [2.75, 3.05) is 11.9 Å². The summed E-state index contributed by atoms with van der Waals surface area (Å²) in [5, 5.41) is 6.23. The van der Waals surface area contributed by atoms with Crippen LogP contribution in [0.25, 0.3) is 0 Å². The zero-order chi connectivity index (χ0) is 13.7. The molecule has 19 heavy (non-hydrogen) atoms. The first-order valence-corrected chi connectivity index (χ1v) is 6.94. The van der Waals surface area contributed by atoms with Crippen LogP contribution < -0.4 is 15.4 Å². The lowest BCUT2D eigenvalue weighted by Crippen LogP contribution is -2.27. The summed E-state index contributed by atoms with van der Waals surface area (Å²) in [6, 6.07) is 8.25. The fraction of sp³-hybridized carbons (Fsp3) is 0.533. The molecule has 4 heteroatoms. The summed E-state index contributed by atoms with van der Waals surface area (Å²) in [4.78, 5) is 11.6. The Hall–Kier alpha value is -1.71. The van der Waals surface area contributed by atoms with Crippen LogP contribution in [0.2, 0.25) is 0 Å². The first-order valence-electron chi connectivity index (χ1n) is 6.94. The fourth-order valence-electron chi connectivity index (χ4n) is 1.81. The molecule has 0 heterocycles. The second-order valence-corrected chi connectivity index (χ2v) is 5.18. The van der Waals surface area contributed by atoms with Crippen molar-refractivity contribution in [2.24, 2.45) is 0 Å². The summed E-state index contributed by atoms with van der Waals surface area (Å²) in [6.45, 7) is 4.62. The predicted octanol–water partition coefficient (Wildman–Crippen LogP) is 2.55. The van der Waals surface area contributed by atoms with Crippen LogP contribution in [0, 0.1) is 0 Å². The van der Waals surface area contributed by atoms with E-state index in [0.29, 0.717) is 19.0 Å². The van der Waals surface area contributed by atoms with Gasteiger partial charge in [0.2, 0.25) is 5.91 Å². The minimum Gasteiger partial charge on any atom is -0.489 e. The molecule has 1 aromatic rings. The normalized spacial score (nSPS) is 14.3. The van der Waals surface area contributed by atoms with Gasteiger partial charge in [0.15, 0.2) is 0 Å². The molecule has 104 valence electrons. The number of benzene rings is 1. The Morgan fingerprint density at radius 3 is 2.79 bits per heavy atom. The van der Waals surface area contributed by atoms with Crippen LogP contribution >= 0.6 is 0 Å². The molecule has 1 saturated carbocycles. The topological polar surface area (TPSA) is 50.4 Å². The SMILES string of the molecule is CC(C)Oc1ccccc1NCCC(=O)NC1CC1. The first-order chi connectivity index (χ1) is 9.15. The standard InChI is InChI=1S/C15H22N2O2/c1-11(2)19-14-6-4-3-5-13(14)16-10-9-15(18)17-12-7-8-12/h3-6,11-12,16H,7-10H2,1-2H3,(H,17,18). The number of anilines is 1. The second kappa shape index (κ2) is 6.45. The molecule has 0 atom stereocenters. The molecule has 2 N–H and O–H groups in total. The maximum absolute atomic E-state index is 11.6. The van der Waals surface area contributed by atoms with E-state index in [1.54, 1.807) is 0 Å². The average molecular weight is 262 g/mol. The lowest BCUT2D eigenvalue weighted by atomic mass is 10.2. The molecule has 4 nitrogen and oxygen atoms in total. The van der Waals surface area contributed by atoms with Gasteiger partial charge in [-0.3, -0.25) is 4.79 Å². The van der Waals surface area contributed by atoms with E-state index >= 15 is 0 Å². The van der Waals surface area contributed by atoms with Crippen molar-refractivity contribution in [1.29, 1.82) is 0 Å². The summed E-state index contributed by atoms with van der Waals surface area (Å²) < 4.78 is 5.71. The van der Waals surface area contributed by atoms with Gasteiger partial charge in [0.1, 0.15) is 5.75 Å². The van der Waals surface area contributed by atoms with Gasteiger partial charge in [-0.1, -0.05) is 12.1 Å². The van der Waals surface area contributed by atoms with Gasteiger partial charge in [0.05, 0.1) is 11.8 Å². The molecule has 0 unspecified atom stereocenters. The van der Waals surface area contributed by atoms with Crippen LogP contribution in [0.5, 0.6) is 5.75 Å². The largest absolute Gasteiger partial charge is 0.489 e. The molecule has 0 aromatic heterocycles. The van der Waals surface area contributed by atoms with E-state index in [1.807, 2.05) is 38.1 Å². The van der Waals surface area contributed by atoms with Gasteiger partial charge in [-0.2, -0.15) is 0 Å². The third kappa shape index (κ3) is 4.81. The molecule has 2 rings (SSSR count). The zero-order valence-electron chi connectivity index (χ0n) is 11.6. The van der Waals surface area contributed by atoms with Gasteiger partial charge in [0.25, 0.3) is 0 Å². The fourth-order valence-corrected chi connectivity index (χ4v) is 1.81. The van der Waals surface area contributed by atoms with E-state index in [1.165, 1.54) is 0 Å². The summed E-state index contributed by atoms with van der Waals surface area (Å²) in [7, 11) is 0. The number of carbonyl (C=O) groups excluding carboxylic acids is 1. The molecule has 1 amide bonds. The number of hydrogen-bond donors (Lipinski definition) is 2. The molecule has 1 fully saturated rings. The summed E-state index contributed by atoms with van der Waals surface area (Å²) in [5.41, 5.74) is 0.940. The van der Waals surface area contributed by atoms with Crippen molar-refractivity contribution in [1.82, 2.24) is 5.32 Å². The molecule has 0 aliphatic heterocycles. The number of ether oxygens (including phenoxy) is 1. The lowest BCUT2D eigenvalue weighted by Gasteiger charge is -2.15. The lowest BCUT2D eigenvalue weighted by molar-refractivity contribution is -0.120. The monoisotopic (exact) mass is 262 g/mol. The number of hydrogen-bond acceptors (Lipinski definition) is 3. The van der Waals surface area contributed by atoms with Crippen molar-refractivity contribution >= 4 is 11.6 Å². The molecule has 0 bridgehead atoms. The Morgan fingerprint density at radius 1 is 1.37 bits per heavy atom. The van der Waals surface area contributed by atoms with E-state index in [2.05, 4.69) is 10.6 Å². The highest BCUT2D eigenvalue weighted by atomic mass is 16.5. The maximum Gasteiger partial charge on any atom is 0.221 e. The number of rotatable bonds is 7. The van der Waals surface area contributed by atoms with E-state index in [4.69, 9.17) is 4.74 Å². The quantitative estimate of drug-likeness (QED) is 0.794. The zero-order valence-corrected chi connectivity index (χ0v) is 11.6. The number of amides is 1. The average Bonchev–Trinajstić information content (AvgIpc) is 3.14. The van der Waals surface area contributed by atoms with Crippen molar-refractivity contribution in [3.8, 4) is 5.75 Å². The second-order valence-electron chi connectivity index (χ2n) is 5.18. The Morgan fingerprint density at radius 2 is 2.11 bits per heavy atom. The van der Waals surface area contributed by atoms with Crippen molar-refractivity contribution < 1.29 is 9.53 Å². The summed E-state index contributed by atoms with van der Waals surface area (Å²) in [6.07, 6.45) is 2.89. The third-order valence-corrected chi connectivity index (χ3v) is 2.86. The number of nitrogens with one attached hydrogen (secondary N) is 2. The van der Waals surface area contributed by atoms with Gasteiger partial charge in [-0.25, -0.2) is 0 Å². The molecular formula is C15H22N2O2. The van der Waals surface area contributed by atoms with Crippen LogP contribution in [-0.4, -0.2) is 24.6 Å². The van der Waals surface area contributed by atoms with Gasteiger partial charge >= 0.3 is 0 Å². The summed E-state index contributed by atoms with van der Waals surface area (Å²) >= 11 is 0. The van der Waals surface area contributed by atoms with Crippen LogP contribution in [0.4, 0.5) is 5.69 Å². The molecule has 1 aromatic carbocycles. The number of para-hydroxylation sites is 2. The molecule has 1 aliphatic carbocycles. The van der Waals surface area contributed by atoms with Crippen molar-refractivity contribution in [3.05, 3.63) is 24.3 Å². The molecule has 0 saturated heterocycles. The molecule has 1 aliphatic rings. The Bertz CT molecular complexity index is 428. The smallest absolute Gasteiger partial charge is 0.221 e. The minimum atomic E-state index is 0.122. The first kappa shape index (κ1) is 13.7. The van der Waals surface area contributed by atoms with E-state index in [0.717, 1.165) is 24.3 Å². The van der Waals surface area contributed by atoms with E-state index in [9.17, 15) is 4.79 Å². The Balaban J connectivity index is 1.79. The highest BCUT2D eigenvalue weighted by molar-refractivity contribution is 5.77. The number of carbonyl (C=O) groups is 1. The van der Waals surface area contributed by atoms with Gasteiger partial charge in [0, 0.05) is 19.0 Å². The maximum atomic E-state index is 11.6. The molecule has 0 radical (unpaired) electrons. The highest BCUT2D eigenvalue weighted by Crippen LogP contribution is 2.24. The Kier molecular flexibility index (Phi) is 4.66. The van der Waals surface area contributed by atoms with Crippen LogP contribution in [-0.2, 0) is 4.79 Å². The van der Waals surface area contributed by atoms with Crippen molar-refractivity contribution in [2.45, 2.75) is 45.3 Å². The van der Waals surface area contributed by atoms with E-state index in [-0.39, 0.29) is 12.0 Å². The van der Waals surface area contributed by atoms with Gasteiger partial charge in [-0.15, -0.1) is 0 Å². The molecule has 0 spiro atoms.